The highest BCUT2D eigenvalue weighted by Gasteiger charge is 2.26. The van der Waals surface area contributed by atoms with Crippen LogP contribution in [0.5, 0.6) is 0 Å². The summed E-state index contributed by atoms with van der Waals surface area (Å²) in [6.45, 7) is 8.46. The third-order valence-corrected chi connectivity index (χ3v) is 4.31. The molecule has 2 atom stereocenters. The van der Waals surface area contributed by atoms with Gasteiger partial charge in [-0.05, 0) is 13.8 Å². The zero-order valence-electron chi connectivity index (χ0n) is 13.7. The van der Waals surface area contributed by atoms with Gasteiger partial charge in [0.15, 0.2) is 0 Å². The van der Waals surface area contributed by atoms with Crippen LogP contribution in [0.2, 0.25) is 0 Å². The number of aliphatic hydroxyl groups excluding tert-OH is 1. The number of hydrogen-bond donors (Lipinski definition) is 1. The van der Waals surface area contributed by atoms with Gasteiger partial charge in [-0.3, -0.25) is 9.80 Å². The summed E-state index contributed by atoms with van der Waals surface area (Å²) in [5, 5.41) is 13.6. The Balaban J connectivity index is 1.61. The van der Waals surface area contributed by atoms with Gasteiger partial charge in [-0.15, -0.1) is 0 Å². The molecule has 0 bridgehead atoms. The minimum absolute atomic E-state index is 0.105. The van der Waals surface area contributed by atoms with Gasteiger partial charge in [-0.2, -0.15) is 4.98 Å². The molecule has 1 N–H and O–H groups in total. The van der Waals surface area contributed by atoms with Gasteiger partial charge in [0.2, 0.25) is 11.7 Å². The molecule has 3 rings (SSSR count). The van der Waals surface area contributed by atoms with E-state index in [4.69, 9.17) is 4.52 Å². The summed E-state index contributed by atoms with van der Waals surface area (Å²) in [5.74, 6) is 1.30. The van der Waals surface area contributed by atoms with E-state index in [1.807, 2.05) is 37.3 Å². The average Bonchev–Trinajstić information content (AvgIpc) is 3.05. The number of rotatable bonds is 5. The second-order valence-corrected chi connectivity index (χ2v) is 6.18. The lowest BCUT2D eigenvalue weighted by Crippen LogP contribution is -2.48. The van der Waals surface area contributed by atoms with Crippen molar-refractivity contribution in [2.75, 3.05) is 32.7 Å². The first-order valence-corrected chi connectivity index (χ1v) is 8.17. The van der Waals surface area contributed by atoms with Crippen molar-refractivity contribution in [3.63, 3.8) is 0 Å². The fourth-order valence-corrected chi connectivity index (χ4v) is 2.97. The second-order valence-electron chi connectivity index (χ2n) is 6.18. The van der Waals surface area contributed by atoms with Crippen molar-refractivity contribution < 1.29 is 9.63 Å². The molecule has 0 unspecified atom stereocenters. The number of aliphatic hydroxyl groups is 1. The monoisotopic (exact) mass is 316 g/mol. The Morgan fingerprint density at radius 2 is 1.83 bits per heavy atom. The number of β-amino-alcohol motifs (C(OH)–C–C–N with tert-alkyl or cyclic N) is 1. The first-order chi connectivity index (χ1) is 11.1. The summed E-state index contributed by atoms with van der Waals surface area (Å²) >= 11 is 0. The maximum atomic E-state index is 9.48. The molecule has 124 valence electrons. The molecule has 1 aromatic carbocycles. The lowest BCUT2D eigenvalue weighted by molar-refractivity contribution is 0.0582. The van der Waals surface area contributed by atoms with Crippen molar-refractivity contribution in [1.29, 1.82) is 0 Å². The molecule has 0 aliphatic carbocycles. The highest BCUT2D eigenvalue weighted by molar-refractivity contribution is 5.53. The molecule has 0 saturated carbocycles. The van der Waals surface area contributed by atoms with E-state index >= 15 is 0 Å². The first-order valence-electron chi connectivity index (χ1n) is 8.17. The molecule has 0 spiro atoms. The number of hydrogen-bond acceptors (Lipinski definition) is 6. The quantitative estimate of drug-likeness (QED) is 0.907. The topological polar surface area (TPSA) is 65.6 Å². The predicted octanol–water partition coefficient (Wildman–Crippen LogP) is 1.80. The van der Waals surface area contributed by atoms with Crippen LogP contribution in [0.1, 0.15) is 25.8 Å². The van der Waals surface area contributed by atoms with Crippen LogP contribution in [0.4, 0.5) is 0 Å². The van der Waals surface area contributed by atoms with Crippen LogP contribution >= 0.6 is 0 Å². The first kappa shape index (κ1) is 16.1. The molecule has 2 heterocycles. The maximum absolute atomic E-state index is 9.48. The van der Waals surface area contributed by atoms with Crippen molar-refractivity contribution in [1.82, 2.24) is 19.9 Å². The Labute approximate surface area is 136 Å². The molecule has 0 radical (unpaired) electrons. The summed E-state index contributed by atoms with van der Waals surface area (Å²) < 4.78 is 5.47. The van der Waals surface area contributed by atoms with Gasteiger partial charge in [0.25, 0.3) is 0 Å². The summed E-state index contributed by atoms with van der Waals surface area (Å²) in [6, 6.07) is 9.97. The summed E-state index contributed by atoms with van der Waals surface area (Å²) in [7, 11) is 0. The minimum atomic E-state index is -0.275. The molecule has 6 heteroatoms. The smallest absolute Gasteiger partial charge is 0.244 e. The Hall–Kier alpha value is -1.76. The molecular weight excluding hydrogens is 292 g/mol. The predicted molar refractivity (Wildman–Crippen MR) is 87.8 cm³/mol. The van der Waals surface area contributed by atoms with Crippen molar-refractivity contribution in [3.8, 4) is 11.4 Å². The van der Waals surface area contributed by atoms with E-state index in [0.717, 1.165) is 38.3 Å². The van der Waals surface area contributed by atoms with Gasteiger partial charge in [-0.1, -0.05) is 35.5 Å². The SMILES string of the molecule is C[C@@H](O)CN1CCN([C@@H](C)c2nc(-c3ccccc3)no2)CC1. The fourth-order valence-electron chi connectivity index (χ4n) is 2.97. The molecule has 1 fully saturated rings. The Bertz CT molecular complexity index is 606. The minimum Gasteiger partial charge on any atom is -0.392 e. The van der Waals surface area contributed by atoms with E-state index in [1.165, 1.54) is 0 Å². The van der Waals surface area contributed by atoms with Crippen LogP contribution < -0.4 is 0 Å². The van der Waals surface area contributed by atoms with E-state index in [1.54, 1.807) is 0 Å². The van der Waals surface area contributed by atoms with Crippen molar-refractivity contribution in [3.05, 3.63) is 36.2 Å². The van der Waals surface area contributed by atoms with Crippen LogP contribution in [0.25, 0.3) is 11.4 Å². The number of nitrogens with zero attached hydrogens (tertiary/aromatic N) is 4. The Kier molecular flexibility index (Phi) is 5.05. The van der Waals surface area contributed by atoms with Crippen LogP contribution in [-0.4, -0.2) is 63.9 Å². The third kappa shape index (κ3) is 3.96. The molecule has 1 saturated heterocycles. The zero-order chi connectivity index (χ0) is 16.2. The highest BCUT2D eigenvalue weighted by Crippen LogP contribution is 2.23. The lowest BCUT2D eigenvalue weighted by Gasteiger charge is -2.37. The van der Waals surface area contributed by atoms with Crippen LogP contribution in [-0.2, 0) is 0 Å². The van der Waals surface area contributed by atoms with E-state index < -0.39 is 0 Å². The molecule has 1 aliphatic heterocycles. The number of piperazine rings is 1. The van der Waals surface area contributed by atoms with Crippen molar-refractivity contribution in [2.24, 2.45) is 0 Å². The maximum Gasteiger partial charge on any atom is 0.244 e. The Morgan fingerprint density at radius 3 is 2.48 bits per heavy atom. The van der Waals surface area contributed by atoms with E-state index in [-0.39, 0.29) is 12.1 Å². The zero-order valence-corrected chi connectivity index (χ0v) is 13.7. The van der Waals surface area contributed by atoms with Gasteiger partial charge in [0.1, 0.15) is 0 Å². The van der Waals surface area contributed by atoms with Crippen molar-refractivity contribution >= 4 is 0 Å². The van der Waals surface area contributed by atoms with Gasteiger partial charge < -0.3 is 9.63 Å². The van der Waals surface area contributed by atoms with E-state index in [2.05, 4.69) is 26.9 Å². The molecular formula is C17H24N4O2. The lowest BCUT2D eigenvalue weighted by atomic mass is 10.2. The molecule has 23 heavy (non-hydrogen) atoms. The second kappa shape index (κ2) is 7.21. The molecule has 6 nitrogen and oxygen atoms in total. The molecule has 1 aromatic heterocycles. The highest BCUT2D eigenvalue weighted by atomic mass is 16.5. The molecule has 1 aliphatic rings. The van der Waals surface area contributed by atoms with Gasteiger partial charge in [0, 0.05) is 38.3 Å². The molecule has 2 aromatic rings. The summed E-state index contributed by atoms with van der Waals surface area (Å²) in [5.41, 5.74) is 0.969. The van der Waals surface area contributed by atoms with Crippen LogP contribution in [0.15, 0.2) is 34.9 Å². The van der Waals surface area contributed by atoms with E-state index in [0.29, 0.717) is 11.7 Å². The van der Waals surface area contributed by atoms with Crippen LogP contribution in [0, 0.1) is 0 Å². The molecule has 0 amide bonds. The van der Waals surface area contributed by atoms with Crippen LogP contribution in [0.3, 0.4) is 0 Å². The van der Waals surface area contributed by atoms with Gasteiger partial charge >= 0.3 is 0 Å². The number of benzene rings is 1. The normalized spacial score (nSPS) is 19.6. The summed E-state index contributed by atoms with van der Waals surface area (Å²) in [6.07, 6.45) is -0.275. The van der Waals surface area contributed by atoms with Crippen molar-refractivity contribution in [2.45, 2.75) is 26.0 Å². The van der Waals surface area contributed by atoms with Gasteiger partial charge in [0.05, 0.1) is 12.1 Å². The largest absolute Gasteiger partial charge is 0.392 e. The van der Waals surface area contributed by atoms with E-state index in [9.17, 15) is 5.11 Å². The average molecular weight is 316 g/mol. The number of aromatic nitrogens is 2. The standard InChI is InChI=1S/C17H24N4O2/c1-13(22)12-20-8-10-21(11-9-20)14(2)17-18-16(19-23-17)15-6-4-3-5-7-15/h3-7,13-14,22H,8-12H2,1-2H3/t13-,14+/m1/s1. The summed E-state index contributed by atoms with van der Waals surface area (Å²) in [4.78, 5) is 9.19. The fraction of sp³-hybridized carbons (Fsp3) is 0.529. The Morgan fingerprint density at radius 1 is 1.13 bits per heavy atom. The third-order valence-electron chi connectivity index (χ3n) is 4.31. The van der Waals surface area contributed by atoms with Gasteiger partial charge in [-0.25, -0.2) is 0 Å².